The van der Waals surface area contributed by atoms with Gasteiger partial charge in [-0.2, -0.15) is 0 Å². The lowest BCUT2D eigenvalue weighted by molar-refractivity contribution is 0.0688. The number of pyridine rings is 1. The molecule has 1 saturated heterocycles. The number of hydrogen-bond donors (Lipinski definition) is 0. The standard InChI is InChI=1S/C21H21N3O2/c25-20(18-15-22-19-8-4-5-11-24(19)21(18)26)23-12-9-17(10-13-23)14-16-6-2-1-3-7-16/h1-8,11,15,17H,9-10,12-14H2. The summed E-state index contributed by atoms with van der Waals surface area (Å²) < 4.78 is 1.43. The molecule has 0 saturated carbocycles. The molecule has 1 aliphatic rings. The first-order valence-electron chi connectivity index (χ1n) is 9.02. The molecule has 3 aromatic rings. The van der Waals surface area contributed by atoms with Gasteiger partial charge in [-0.05, 0) is 42.9 Å². The zero-order chi connectivity index (χ0) is 17.9. The summed E-state index contributed by atoms with van der Waals surface area (Å²) in [4.78, 5) is 31.4. The van der Waals surface area contributed by atoms with Crippen molar-refractivity contribution in [2.24, 2.45) is 5.92 Å². The third kappa shape index (κ3) is 3.25. The van der Waals surface area contributed by atoms with E-state index in [9.17, 15) is 9.59 Å². The van der Waals surface area contributed by atoms with Crippen LogP contribution in [0.1, 0.15) is 28.8 Å². The van der Waals surface area contributed by atoms with E-state index in [-0.39, 0.29) is 17.0 Å². The molecule has 0 atom stereocenters. The summed E-state index contributed by atoms with van der Waals surface area (Å²) in [6.45, 7) is 1.38. The summed E-state index contributed by atoms with van der Waals surface area (Å²) in [6, 6.07) is 15.8. The van der Waals surface area contributed by atoms with Gasteiger partial charge in [0.25, 0.3) is 11.5 Å². The number of carbonyl (C=O) groups excluding carboxylic acids is 1. The molecule has 1 aliphatic heterocycles. The molecule has 0 bridgehead atoms. The SMILES string of the molecule is O=C(c1cnc2ccccn2c1=O)N1CCC(Cc2ccccc2)CC1. The van der Waals surface area contributed by atoms with E-state index in [0.717, 1.165) is 19.3 Å². The maximum absolute atomic E-state index is 12.8. The molecule has 2 aromatic heterocycles. The molecule has 5 nitrogen and oxygen atoms in total. The smallest absolute Gasteiger partial charge is 0.270 e. The second kappa shape index (κ2) is 7.12. The normalized spacial score (nSPS) is 15.3. The lowest BCUT2D eigenvalue weighted by Crippen LogP contribution is -2.41. The average Bonchev–Trinajstić information content (AvgIpc) is 2.69. The first-order valence-corrected chi connectivity index (χ1v) is 9.02. The number of likely N-dealkylation sites (tertiary alicyclic amines) is 1. The van der Waals surface area contributed by atoms with Crippen LogP contribution in [0.15, 0.2) is 65.7 Å². The number of amides is 1. The third-order valence-electron chi connectivity index (χ3n) is 5.11. The molecule has 26 heavy (non-hydrogen) atoms. The monoisotopic (exact) mass is 347 g/mol. The van der Waals surface area contributed by atoms with E-state index >= 15 is 0 Å². The van der Waals surface area contributed by atoms with Crippen molar-refractivity contribution in [1.29, 1.82) is 0 Å². The number of nitrogens with zero attached hydrogens (tertiary/aromatic N) is 3. The van der Waals surface area contributed by atoms with E-state index in [0.29, 0.717) is 24.7 Å². The maximum Gasteiger partial charge on any atom is 0.270 e. The topological polar surface area (TPSA) is 54.7 Å². The molecular formula is C21H21N3O2. The predicted octanol–water partition coefficient (Wildman–Crippen LogP) is 2.79. The van der Waals surface area contributed by atoms with Crippen molar-refractivity contribution in [3.63, 3.8) is 0 Å². The average molecular weight is 347 g/mol. The Morgan fingerprint density at radius 1 is 1.04 bits per heavy atom. The van der Waals surface area contributed by atoms with Gasteiger partial charge in [0.15, 0.2) is 0 Å². The number of piperidine rings is 1. The van der Waals surface area contributed by atoms with Crippen LogP contribution in [0, 0.1) is 5.92 Å². The minimum atomic E-state index is -0.299. The Balaban J connectivity index is 1.45. The van der Waals surface area contributed by atoms with Crippen molar-refractivity contribution in [2.45, 2.75) is 19.3 Å². The fourth-order valence-corrected chi connectivity index (χ4v) is 3.63. The lowest BCUT2D eigenvalue weighted by Gasteiger charge is -2.32. The van der Waals surface area contributed by atoms with Gasteiger partial charge in [-0.25, -0.2) is 4.98 Å². The number of rotatable bonds is 3. The fourth-order valence-electron chi connectivity index (χ4n) is 3.63. The summed E-state index contributed by atoms with van der Waals surface area (Å²) >= 11 is 0. The Bertz CT molecular complexity index is 973. The number of fused-ring (bicyclic) bond motifs is 1. The van der Waals surface area contributed by atoms with Crippen LogP contribution >= 0.6 is 0 Å². The van der Waals surface area contributed by atoms with E-state index in [1.165, 1.54) is 16.2 Å². The highest BCUT2D eigenvalue weighted by molar-refractivity contribution is 5.93. The Labute approximate surface area is 151 Å². The molecule has 5 heteroatoms. The highest BCUT2D eigenvalue weighted by Crippen LogP contribution is 2.22. The molecule has 1 aromatic carbocycles. The number of benzene rings is 1. The van der Waals surface area contributed by atoms with Gasteiger partial charge in [0.1, 0.15) is 11.2 Å². The van der Waals surface area contributed by atoms with Crippen molar-refractivity contribution in [3.8, 4) is 0 Å². The Kier molecular flexibility index (Phi) is 4.52. The first kappa shape index (κ1) is 16.5. The fraction of sp³-hybridized carbons (Fsp3) is 0.286. The van der Waals surface area contributed by atoms with Gasteiger partial charge < -0.3 is 4.90 Å². The number of hydrogen-bond acceptors (Lipinski definition) is 3. The molecule has 1 amide bonds. The molecule has 0 N–H and O–H groups in total. The van der Waals surface area contributed by atoms with Crippen LogP contribution in [-0.2, 0) is 6.42 Å². The van der Waals surface area contributed by atoms with Crippen LogP contribution in [0.2, 0.25) is 0 Å². The summed E-state index contributed by atoms with van der Waals surface area (Å²) in [5, 5.41) is 0. The Hall–Kier alpha value is -2.95. The lowest BCUT2D eigenvalue weighted by atomic mass is 9.90. The van der Waals surface area contributed by atoms with Gasteiger partial charge in [-0.1, -0.05) is 36.4 Å². The largest absolute Gasteiger partial charge is 0.338 e. The van der Waals surface area contributed by atoms with Crippen molar-refractivity contribution in [3.05, 3.63) is 82.4 Å². The van der Waals surface area contributed by atoms with Gasteiger partial charge in [-0.3, -0.25) is 14.0 Å². The van der Waals surface area contributed by atoms with Crippen LogP contribution in [0.4, 0.5) is 0 Å². The van der Waals surface area contributed by atoms with Gasteiger partial charge >= 0.3 is 0 Å². The minimum Gasteiger partial charge on any atom is -0.338 e. The van der Waals surface area contributed by atoms with Crippen LogP contribution in [0.3, 0.4) is 0 Å². The van der Waals surface area contributed by atoms with Crippen LogP contribution in [-0.4, -0.2) is 33.3 Å². The molecule has 1 fully saturated rings. The minimum absolute atomic E-state index is 0.148. The summed E-state index contributed by atoms with van der Waals surface area (Å²) in [6.07, 6.45) is 6.03. The van der Waals surface area contributed by atoms with E-state index in [4.69, 9.17) is 0 Å². The van der Waals surface area contributed by atoms with E-state index in [1.54, 1.807) is 23.2 Å². The molecule has 4 rings (SSSR count). The zero-order valence-corrected chi connectivity index (χ0v) is 14.5. The Morgan fingerprint density at radius 2 is 1.77 bits per heavy atom. The first-order chi connectivity index (χ1) is 12.7. The third-order valence-corrected chi connectivity index (χ3v) is 5.11. The molecule has 3 heterocycles. The highest BCUT2D eigenvalue weighted by Gasteiger charge is 2.25. The number of aromatic nitrogens is 2. The maximum atomic E-state index is 12.8. The molecule has 0 unspecified atom stereocenters. The summed E-state index contributed by atoms with van der Waals surface area (Å²) in [7, 11) is 0. The second-order valence-electron chi connectivity index (χ2n) is 6.83. The van der Waals surface area contributed by atoms with Crippen LogP contribution in [0.5, 0.6) is 0 Å². The molecule has 132 valence electrons. The van der Waals surface area contributed by atoms with Crippen molar-refractivity contribution in [1.82, 2.24) is 14.3 Å². The highest BCUT2D eigenvalue weighted by atomic mass is 16.2. The quantitative estimate of drug-likeness (QED) is 0.732. The molecule has 0 aliphatic carbocycles. The second-order valence-corrected chi connectivity index (χ2v) is 6.83. The van der Waals surface area contributed by atoms with Gasteiger partial charge in [-0.15, -0.1) is 0 Å². The summed E-state index contributed by atoms with van der Waals surface area (Å²) in [5.74, 6) is 0.371. The van der Waals surface area contributed by atoms with Gasteiger partial charge in [0.2, 0.25) is 0 Å². The van der Waals surface area contributed by atoms with Gasteiger partial charge in [0, 0.05) is 25.5 Å². The van der Waals surface area contributed by atoms with E-state index in [1.807, 2.05) is 12.1 Å². The molecular weight excluding hydrogens is 326 g/mol. The summed E-state index contributed by atoms with van der Waals surface area (Å²) in [5.41, 5.74) is 1.74. The Morgan fingerprint density at radius 3 is 2.54 bits per heavy atom. The van der Waals surface area contributed by atoms with Crippen LogP contribution in [0.25, 0.3) is 5.65 Å². The van der Waals surface area contributed by atoms with Crippen molar-refractivity contribution < 1.29 is 4.79 Å². The van der Waals surface area contributed by atoms with Crippen molar-refractivity contribution >= 4 is 11.6 Å². The van der Waals surface area contributed by atoms with Crippen LogP contribution < -0.4 is 5.56 Å². The van der Waals surface area contributed by atoms with Gasteiger partial charge in [0.05, 0.1) is 0 Å². The van der Waals surface area contributed by atoms with Crippen molar-refractivity contribution in [2.75, 3.05) is 13.1 Å². The van der Waals surface area contributed by atoms with E-state index in [2.05, 4.69) is 29.2 Å². The molecule has 0 radical (unpaired) electrons. The number of carbonyl (C=O) groups is 1. The zero-order valence-electron chi connectivity index (χ0n) is 14.5. The predicted molar refractivity (Wildman–Crippen MR) is 100 cm³/mol. The molecule has 0 spiro atoms. The van der Waals surface area contributed by atoms with E-state index < -0.39 is 0 Å².